The lowest BCUT2D eigenvalue weighted by molar-refractivity contribution is 0.472. The van der Waals surface area contributed by atoms with Crippen molar-refractivity contribution in [2.75, 3.05) is 0 Å². The van der Waals surface area contributed by atoms with Crippen LogP contribution in [0.3, 0.4) is 0 Å². The number of aryl methyl sites for hydroxylation is 1. The first kappa shape index (κ1) is 11.5. The van der Waals surface area contributed by atoms with Crippen molar-refractivity contribution in [1.29, 1.82) is 0 Å². The number of hydrogen-bond donors (Lipinski definition) is 0. The van der Waals surface area contributed by atoms with Crippen LogP contribution in [0.4, 0.5) is 4.39 Å². The first-order chi connectivity index (χ1) is 7.69. The number of halogens is 2. The average molecular weight is 303 g/mol. The van der Waals surface area contributed by atoms with Crippen LogP contribution in [0.1, 0.15) is 12.7 Å². The molecule has 0 atom stereocenters. The van der Waals surface area contributed by atoms with Gasteiger partial charge in [-0.15, -0.1) is 0 Å². The molecule has 0 aliphatic carbocycles. The molecule has 0 saturated heterocycles. The van der Waals surface area contributed by atoms with Crippen molar-refractivity contribution >= 4 is 27.5 Å². The van der Waals surface area contributed by atoms with Gasteiger partial charge in [-0.3, -0.25) is 0 Å². The summed E-state index contributed by atoms with van der Waals surface area (Å²) in [5.74, 6) is 0.962. The van der Waals surface area contributed by atoms with Gasteiger partial charge in [0.25, 0.3) is 5.19 Å². The molecule has 0 fully saturated rings. The minimum atomic E-state index is -0.314. The summed E-state index contributed by atoms with van der Waals surface area (Å²) in [5.41, 5.74) is 0. The van der Waals surface area contributed by atoms with Gasteiger partial charge in [-0.25, -0.2) is 4.39 Å². The van der Waals surface area contributed by atoms with Gasteiger partial charge in [-0.1, -0.05) is 6.92 Å². The highest BCUT2D eigenvalue weighted by atomic mass is 79.9. The molecule has 2 rings (SSSR count). The highest BCUT2D eigenvalue weighted by Gasteiger charge is 2.08. The second-order valence-electron chi connectivity index (χ2n) is 3.01. The predicted octanol–water partition coefficient (Wildman–Crippen LogP) is 3.79. The molecule has 0 bridgehead atoms. The molecule has 2 aromatic rings. The molecule has 0 amide bonds. The maximum Gasteiger partial charge on any atom is 0.298 e. The van der Waals surface area contributed by atoms with Gasteiger partial charge in [0.15, 0.2) is 0 Å². The molecule has 0 unspecified atom stereocenters. The molecule has 1 heterocycles. The monoisotopic (exact) mass is 302 g/mol. The fourth-order valence-corrected chi connectivity index (χ4v) is 2.13. The van der Waals surface area contributed by atoms with Crippen LogP contribution in [0, 0.1) is 5.82 Å². The van der Waals surface area contributed by atoms with Crippen LogP contribution >= 0.6 is 27.5 Å². The van der Waals surface area contributed by atoms with Gasteiger partial charge in [0.05, 0.1) is 4.47 Å². The Balaban J connectivity index is 2.20. The van der Waals surface area contributed by atoms with Crippen LogP contribution in [-0.4, -0.2) is 9.36 Å². The quantitative estimate of drug-likeness (QED) is 0.865. The zero-order valence-electron chi connectivity index (χ0n) is 8.41. The van der Waals surface area contributed by atoms with Crippen LogP contribution in [0.5, 0.6) is 10.9 Å². The second kappa shape index (κ2) is 4.88. The maximum absolute atomic E-state index is 12.8. The van der Waals surface area contributed by atoms with E-state index in [2.05, 4.69) is 25.3 Å². The van der Waals surface area contributed by atoms with E-state index in [-0.39, 0.29) is 5.82 Å². The third-order valence-electron chi connectivity index (χ3n) is 1.86. The fraction of sp³-hybridized carbons (Fsp3) is 0.200. The lowest BCUT2D eigenvalue weighted by atomic mass is 10.3. The van der Waals surface area contributed by atoms with E-state index in [0.29, 0.717) is 15.4 Å². The van der Waals surface area contributed by atoms with Gasteiger partial charge in [0.2, 0.25) is 0 Å². The van der Waals surface area contributed by atoms with Crippen LogP contribution in [0.25, 0.3) is 0 Å². The van der Waals surface area contributed by atoms with Crippen molar-refractivity contribution in [3.05, 3.63) is 34.3 Å². The van der Waals surface area contributed by atoms with E-state index in [1.807, 2.05) is 6.92 Å². The number of benzene rings is 1. The van der Waals surface area contributed by atoms with E-state index in [9.17, 15) is 4.39 Å². The molecule has 0 spiro atoms. The lowest BCUT2D eigenvalue weighted by Crippen LogP contribution is -1.87. The fourth-order valence-electron chi connectivity index (χ4n) is 1.08. The zero-order chi connectivity index (χ0) is 11.5. The average Bonchev–Trinajstić information content (AvgIpc) is 2.70. The largest absolute Gasteiger partial charge is 0.429 e. The van der Waals surface area contributed by atoms with Crippen molar-refractivity contribution in [1.82, 2.24) is 9.36 Å². The van der Waals surface area contributed by atoms with Crippen molar-refractivity contribution in [3.63, 3.8) is 0 Å². The summed E-state index contributed by atoms with van der Waals surface area (Å²) in [6.45, 7) is 1.97. The number of ether oxygens (including phenoxy) is 1. The Morgan fingerprint density at radius 1 is 1.50 bits per heavy atom. The number of aromatic nitrogens is 2. The molecular formula is C10H8BrFN2OS. The first-order valence-corrected chi connectivity index (χ1v) is 6.21. The van der Waals surface area contributed by atoms with E-state index >= 15 is 0 Å². The summed E-state index contributed by atoms with van der Waals surface area (Å²) < 4.78 is 23.0. The third kappa shape index (κ3) is 2.56. The topological polar surface area (TPSA) is 35.0 Å². The third-order valence-corrected chi connectivity index (χ3v) is 3.11. The smallest absolute Gasteiger partial charge is 0.298 e. The molecule has 84 valence electrons. The Morgan fingerprint density at radius 3 is 2.94 bits per heavy atom. The van der Waals surface area contributed by atoms with Crippen molar-refractivity contribution in [2.45, 2.75) is 13.3 Å². The summed E-state index contributed by atoms with van der Waals surface area (Å²) >= 11 is 4.40. The Labute approximate surface area is 105 Å². The van der Waals surface area contributed by atoms with Crippen molar-refractivity contribution in [3.8, 4) is 10.9 Å². The zero-order valence-corrected chi connectivity index (χ0v) is 10.8. The van der Waals surface area contributed by atoms with Crippen LogP contribution < -0.4 is 4.74 Å². The number of hydrogen-bond acceptors (Lipinski definition) is 4. The lowest BCUT2D eigenvalue weighted by Gasteiger charge is -2.03. The van der Waals surface area contributed by atoms with Crippen molar-refractivity contribution in [2.24, 2.45) is 0 Å². The van der Waals surface area contributed by atoms with Gasteiger partial charge in [0.1, 0.15) is 17.4 Å². The SMILES string of the molecule is CCc1nsc(Oc2ccc(F)cc2Br)n1. The van der Waals surface area contributed by atoms with E-state index in [0.717, 1.165) is 12.2 Å². The number of rotatable bonds is 3. The normalized spacial score (nSPS) is 10.4. The molecule has 0 radical (unpaired) electrons. The van der Waals surface area contributed by atoms with E-state index in [4.69, 9.17) is 4.74 Å². The summed E-state index contributed by atoms with van der Waals surface area (Å²) in [4.78, 5) is 4.16. The molecule has 16 heavy (non-hydrogen) atoms. The Hall–Kier alpha value is -1.01. The Bertz CT molecular complexity index is 503. The minimum absolute atomic E-state index is 0.314. The maximum atomic E-state index is 12.8. The van der Waals surface area contributed by atoms with E-state index in [1.165, 1.54) is 23.7 Å². The van der Waals surface area contributed by atoms with Gasteiger partial charge in [-0.05, 0) is 34.1 Å². The highest BCUT2D eigenvalue weighted by molar-refractivity contribution is 9.10. The van der Waals surface area contributed by atoms with Gasteiger partial charge in [-0.2, -0.15) is 9.36 Å². The summed E-state index contributed by atoms with van der Waals surface area (Å²) in [5, 5.41) is 0.462. The molecule has 0 aliphatic heterocycles. The molecule has 3 nitrogen and oxygen atoms in total. The molecule has 0 saturated carbocycles. The van der Waals surface area contributed by atoms with E-state index in [1.54, 1.807) is 6.07 Å². The van der Waals surface area contributed by atoms with Crippen LogP contribution in [0.2, 0.25) is 0 Å². The molecule has 0 N–H and O–H groups in total. The molecule has 6 heteroatoms. The summed E-state index contributed by atoms with van der Waals surface area (Å²) in [6.07, 6.45) is 0.768. The van der Waals surface area contributed by atoms with Gasteiger partial charge in [0, 0.05) is 18.0 Å². The minimum Gasteiger partial charge on any atom is -0.429 e. The Kier molecular flexibility index (Phi) is 3.50. The predicted molar refractivity (Wildman–Crippen MR) is 63.5 cm³/mol. The van der Waals surface area contributed by atoms with E-state index < -0.39 is 0 Å². The van der Waals surface area contributed by atoms with Crippen LogP contribution in [-0.2, 0) is 6.42 Å². The first-order valence-electron chi connectivity index (χ1n) is 4.64. The molecule has 0 aliphatic rings. The molecule has 1 aromatic carbocycles. The summed E-state index contributed by atoms with van der Waals surface area (Å²) in [6, 6.07) is 4.23. The van der Waals surface area contributed by atoms with Crippen LogP contribution in [0.15, 0.2) is 22.7 Å². The Morgan fingerprint density at radius 2 is 2.31 bits per heavy atom. The standard InChI is InChI=1S/C10H8BrFN2OS/c1-2-9-13-10(16-14-9)15-8-4-3-6(12)5-7(8)11/h3-5H,2H2,1H3. The summed E-state index contributed by atoms with van der Waals surface area (Å²) in [7, 11) is 0. The number of nitrogens with zero attached hydrogens (tertiary/aromatic N) is 2. The van der Waals surface area contributed by atoms with Gasteiger partial charge < -0.3 is 4.74 Å². The van der Waals surface area contributed by atoms with Gasteiger partial charge >= 0.3 is 0 Å². The highest BCUT2D eigenvalue weighted by Crippen LogP contribution is 2.30. The van der Waals surface area contributed by atoms with Crippen molar-refractivity contribution < 1.29 is 9.13 Å². The molecule has 1 aromatic heterocycles. The second-order valence-corrected chi connectivity index (χ2v) is 4.58. The molecular weight excluding hydrogens is 295 g/mol.